The summed E-state index contributed by atoms with van der Waals surface area (Å²) < 4.78 is 0. The highest BCUT2D eigenvalue weighted by Crippen LogP contribution is 2.45. The van der Waals surface area contributed by atoms with Crippen LogP contribution in [0.5, 0.6) is 0 Å². The molecule has 3 aliphatic heterocycles. The number of hydrogen-bond acceptors (Lipinski definition) is 3. The third kappa shape index (κ3) is 3.54. The van der Waals surface area contributed by atoms with Crippen LogP contribution < -0.4 is 0 Å². The van der Waals surface area contributed by atoms with E-state index in [0.29, 0.717) is 0 Å². The topological polar surface area (TPSA) is 9.72 Å². The number of nitrogens with zero attached hydrogens (tertiary/aromatic N) is 3. The lowest BCUT2D eigenvalue weighted by atomic mass is 9.92. The van der Waals surface area contributed by atoms with E-state index in [1.807, 2.05) is 0 Å². The van der Waals surface area contributed by atoms with Crippen LogP contribution >= 0.6 is 0 Å². The summed E-state index contributed by atoms with van der Waals surface area (Å²) >= 11 is 0. The Morgan fingerprint density at radius 2 is 1.42 bits per heavy atom. The average molecular weight is 334 g/mol. The molecule has 4 fully saturated rings. The second kappa shape index (κ2) is 7.25. The van der Waals surface area contributed by atoms with Gasteiger partial charge in [-0.3, -0.25) is 9.80 Å². The molecule has 0 aromatic heterocycles. The summed E-state index contributed by atoms with van der Waals surface area (Å²) in [6, 6.07) is 1.74. The molecule has 0 N–H and O–H groups in total. The summed E-state index contributed by atoms with van der Waals surface area (Å²) in [5.41, 5.74) is 0. The highest BCUT2D eigenvalue weighted by molar-refractivity contribution is 4.96. The van der Waals surface area contributed by atoms with E-state index in [1.54, 1.807) is 0 Å². The maximum atomic E-state index is 2.90. The molecule has 1 saturated carbocycles. The number of likely N-dealkylation sites (N-methyl/N-ethyl adjacent to an activating group) is 1. The molecule has 0 radical (unpaired) electrons. The Morgan fingerprint density at radius 1 is 0.750 bits per heavy atom. The molecule has 3 heteroatoms. The van der Waals surface area contributed by atoms with Gasteiger partial charge in [-0.1, -0.05) is 13.8 Å². The standard InChI is InChI=1S/C21H39N3/c1-16(2)17-11-18-13-24(14-19(18)12-17)20-6-9-23(10-7-20)21-5-4-8-22(3)15-21/h16-21H,4-15H2,1-3H3. The van der Waals surface area contributed by atoms with Gasteiger partial charge in [0.15, 0.2) is 0 Å². The van der Waals surface area contributed by atoms with Crippen molar-refractivity contribution in [3.05, 3.63) is 0 Å². The van der Waals surface area contributed by atoms with E-state index in [2.05, 4.69) is 35.6 Å². The van der Waals surface area contributed by atoms with Crippen molar-refractivity contribution in [2.24, 2.45) is 23.7 Å². The van der Waals surface area contributed by atoms with Gasteiger partial charge in [0, 0.05) is 31.7 Å². The molecule has 0 aromatic carbocycles. The molecular weight excluding hydrogens is 294 g/mol. The van der Waals surface area contributed by atoms with Gasteiger partial charge >= 0.3 is 0 Å². The van der Waals surface area contributed by atoms with Gasteiger partial charge in [0.25, 0.3) is 0 Å². The van der Waals surface area contributed by atoms with Crippen LogP contribution in [0.15, 0.2) is 0 Å². The van der Waals surface area contributed by atoms with Crippen molar-refractivity contribution >= 4 is 0 Å². The number of fused-ring (bicyclic) bond motifs is 1. The van der Waals surface area contributed by atoms with Crippen LogP contribution in [-0.2, 0) is 0 Å². The van der Waals surface area contributed by atoms with Crippen molar-refractivity contribution in [1.29, 1.82) is 0 Å². The van der Waals surface area contributed by atoms with Gasteiger partial charge in [-0.25, -0.2) is 0 Å². The Kier molecular flexibility index (Phi) is 5.22. The lowest BCUT2D eigenvalue weighted by Gasteiger charge is -2.43. The van der Waals surface area contributed by atoms with E-state index < -0.39 is 0 Å². The fraction of sp³-hybridized carbons (Fsp3) is 1.00. The first kappa shape index (κ1) is 17.3. The Balaban J connectivity index is 1.24. The second-order valence-corrected chi connectivity index (χ2v) is 9.78. The maximum Gasteiger partial charge on any atom is 0.0223 e. The molecule has 1 aliphatic carbocycles. The Morgan fingerprint density at radius 3 is 2.00 bits per heavy atom. The van der Waals surface area contributed by atoms with Crippen molar-refractivity contribution < 1.29 is 0 Å². The first-order valence-electron chi connectivity index (χ1n) is 10.8. The fourth-order valence-corrected chi connectivity index (χ4v) is 6.28. The van der Waals surface area contributed by atoms with Gasteiger partial charge in [-0.15, -0.1) is 0 Å². The minimum Gasteiger partial charge on any atom is -0.305 e. The third-order valence-corrected chi connectivity index (χ3v) is 7.89. The van der Waals surface area contributed by atoms with E-state index in [0.717, 1.165) is 35.8 Å². The van der Waals surface area contributed by atoms with Crippen LogP contribution in [0.2, 0.25) is 0 Å². The monoisotopic (exact) mass is 333 g/mol. The zero-order valence-corrected chi connectivity index (χ0v) is 16.3. The molecule has 3 saturated heterocycles. The van der Waals surface area contributed by atoms with Crippen molar-refractivity contribution in [2.45, 2.75) is 64.5 Å². The van der Waals surface area contributed by atoms with Gasteiger partial charge in [0.2, 0.25) is 0 Å². The first-order chi connectivity index (χ1) is 11.6. The lowest BCUT2D eigenvalue weighted by Crippen LogP contribution is -2.52. The van der Waals surface area contributed by atoms with Crippen LogP contribution in [0.25, 0.3) is 0 Å². The van der Waals surface area contributed by atoms with Gasteiger partial charge in [0.05, 0.1) is 0 Å². The number of likely N-dealkylation sites (tertiary alicyclic amines) is 3. The summed E-state index contributed by atoms with van der Waals surface area (Å²) in [6.45, 7) is 13.0. The Labute approximate surface area is 149 Å². The van der Waals surface area contributed by atoms with E-state index >= 15 is 0 Å². The Hall–Kier alpha value is -0.120. The quantitative estimate of drug-likeness (QED) is 0.785. The SMILES string of the molecule is CC(C)C1CC2CN(C3CCN(C4CCCN(C)C4)CC3)CC2C1. The average Bonchev–Trinajstić information content (AvgIpc) is 3.14. The summed E-state index contributed by atoms with van der Waals surface area (Å²) in [5, 5.41) is 0. The molecule has 3 nitrogen and oxygen atoms in total. The van der Waals surface area contributed by atoms with E-state index in [1.165, 1.54) is 77.8 Å². The molecule has 4 rings (SSSR count). The summed E-state index contributed by atoms with van der Waals surface area (Å²) in [5.74, 6) is 3.98. The van der Waals surface area contributed by atoms with Crippen molar-refractivity contribution in [3.63, 3.8) is 0 Å². The summed E-state index contributed by atoms with van der Waals surface area (Å²) in [6.07, 6.45) is 8.71. The van der Waals surface area contributed by atoms with Gasteiger partial charge in [-0.05, 0) is 88.9 Å². The highest BCUT2D eigenvalue weighted by atomic mass is 15.3. The number of rotatable bonds is 3. The molecule has 0 bridgehead atoms. The zero-order valence-electron chi connectivity index (χ0n) is 16.3. The summed E-state index contributed by atoms with van der Waals surface area (Å²) in [4.78, 5) is 8.25. The molecule has 0 spiro atoms. The third-order valence-electron chi connectivity index (χ3n) is 7.89. The van der Waals surface area contributed by atoms with Gasteiger partial charge < -0.3 is 4.90 Å². The zero-order chi connectivity index (χ0) is 16.7. The second-order valence-electron chi connectivity index (χ2n) is 9.78. The van der Waals surface area contributed by atoms with Crippen molar-refractivity contribution in [2.75, 3.05) is 46.3 Å². The van der Waals surface area contributed by atoms with Crippen LogP contribution in [0.3, 0.4) is 0 Å². The van der Waals surface area contributed by atoms with E-state index in [9.17, 15) is 0 Å². The van der Waals surface area contributed by atoms with Crippen LogP contribution in [0.1, 0.15) is 52.4 Å². The maximum absolute atomic E-state index is 2.90. The van der Waals surface area contributed by atoms with Crippen molar-refractivity contribution in [3.8, 4) is 0 Å². The number of hydrogen-bond donors (Lipinski definition) is 0. The predicted molar refractivity (Wildman–Crippen MR) is 101 cm³/mol. The first-order valence-corrected chi connectivity index (χ1v) is 10.8. The molecule has 0 amide bonds. The van der Waals surface area contributed by atoms with Crippen LogP contribution in [0, 0.1) is 23.7 Å². The highest BCUT2D eigenvalue weighted by Gasteiger charge is 2.43. The van der Waals surface area contributed by atoms with E-state index in [4.69, 9.17) is 0 Å². The normalized spacial score (nSPS) is 40.5. The predicted octanol–water partition coefficient (Wildman–Crippen LogP) is 3.16. The lowest BCUT2D eigenvalue weighted by molar-refractivity contribution is 0.0588. The number of piperidine rings is 2. The molecule has 4 aliphatic rings. The van der Waals surface area contributed by atoms with Crippen LogP contribution in [-0.4, -0.2) is 73.1 Å². The van der Waals surface area contributed by atoms with Gasteiger partial charge in [-0.2, -0.15) is 0 Å². The molecule has 24 heavy (non-hydrogen) atoms. The molecule has 138 valence electrons. The minimum absolute atomic E-state index is 0.842. The summed E-state index contributed by atoms with van der Waals surface area (Å²) in [7, 11) is 2.30. The molecule has 0 aromatic rings. The van der Waals surface area contributed by atoms with E-state index in [-0.39, 0.29) is 0 Å². The largest absolute Gasteiger partial charge is 0.305 e. The minimum atomic E-state index is 0.842. The Bertz CT molecular complexity index is 401. The molecule has 3 unspecified atom stereocenters. The van der Waals surface area contributed by atoms with Crippen molar-refractivity contribution in [1.82, 2.24) is 14.7 Å². The molecular formula is C21H39N3. The smallest absolute Gasteiger partial charge is 0.0223 e. The van der Waals surface area contributed by atoms with Gasteiger partial charge in [0.1, 0.15) is 0 Å². The van der Waals surface area contributed by atoms with Crippen LogP contribution in [0.4, 0.5) is 0 Å². The molecule has 3 atom stereocenters. The fourth-order valence-electron chi connectivity index (χ4n) is 6.28. The molecule has 3 heterocycles.